The number of para-hydroxylation sites is 1. The van der Waals surface area contributed by atoms with Gasteiger partial charge in [-0.1, -0.05) is 42.5 Å². The molecule has 112 valence electrons. The van der Waals surface area contributed by atoms with Crippen LogP contribution < -0.4 is 0 Å². The molecule has 0 aliphatic rings. The molecule has 4 aromatic carbocycles. The fourth-order valence-corrected chi connectivity index (χ4v) is 4.33. The molecule has 24 heavy (non-hydrogen) atoms. The smallest absolute Gasteiger partial charge is 0.0620 e. The summed E-state index contributed by atoms with van der Waals surface area (Å²) in [5.74, 6) is 0. The Hall–Kier alpha value is -3.06. The molecule has 0 aliphatic carbocycles. The molecule has 6 aromatic rings. The van der Waals surface area contributed by atoms with Gasteiger partial charge in [0.2, 0.25) is 0 Å². The van der Waals surface area contributed by atoms with Crippen LogP contribution in [0.15, 0.2) is 72.8 Å². The van der Waals surface area contributed by atoms with Crippen molar-refractivity contribution >= 4 is 48.9 Å². The number of nitrogens with zero attached hydrogens (tertiary/aromatic N) is 1. The van der Waals surface area contributed by atoms with Crippen molar-refractivity contribution in [2.24, 2.45) is 0 Å². The van der Waals surface area contributed by atoms with Crippen LogP contribution in [0.25, 0.3) is 48.9 Å². The Bertz CT molecular complexity index is 1400. The van der Waals surface area contributed by atoms with Gasteiger partial charge in [0.05, 0.1) is 16.6 Å². The molecular formula is C23H15N. The molecule has 0 amide bonds. The Kier molecular flexibility index (Phi) is 2.10. The lowest BCUT2D eigenvalue weighted by molar-refractivity contribution is 1.37. The number of rotatable bonds is 0. The van der Waals surface area contributed by atoms with Crippen LogP contribution in [0.2, 0.25) is 0 Å². The molecule has 1 heteroatoms. The highest BCUT2D eigenvalue weighted by Crippen LogP contribution is 2.40. The van der Waals surface area contributed by atoms with Crippen LogP contribution in [0.4, 0.5) is 0 Å². The monoisotopic (exact) mass is 305 g/mol. The van der Waals surface area contributed by atoms with Gasteiger partial charge in [0.25, 0.3) is 0 Å². The van der Waals surface area contributed by atoms with Crippen LogP contribution in [-0.4, -0.2) is 4.40 Å². The lowest BCUT2D eigenvalue weighted by Crippen LogP contribution is -1.80. The van der Waals surface area contributed by atoms with Gasteiger partial charge in [-0.05, 0) is 53.6 Å². The van der Waals surface area contributed by atoms with Crippen molar-refractivity contribution in [1.82, 2.24) is 4.40 Å². The van der Waals surface area contributed by atoms with Crippen molar-refractivity contribution < 1.29 is 0 Å². The molecule has 0 saturated heterocycles. The molecule has 2 heterocycles. The van der Waals surface area contributed by atoms with Gasteiger partial charge in [0.1, 0.15) is 0 Å². The minimum atomic E-state index is 1.30. The summed E-state index contributed by atoms with van der Waals surface area (Å²) < 4.78 is 2.45. The first kappa shape index (κ1) is 12.4. The van der Waals surface area contributed by atoms with Crippen LogP contribution in [0.1, 0.15) is 5.56 Å². The van der Waals surface area contributed by atoms with Gasteiger partial charge in [0, 0.05) is 21.5 Å². The topological polar surface area (TPSA) is 4.41 Å². The summed E-state index contributed by atoms with van der Waals surface area (Å²) >= 11 is 0. The van der Waals surface area contributed by atoms with Gasteiger partial charge in [0.15, 0.2) is 0 Å². The van der Waals surface area contributed by atoms with E-state index < -0.39 is 0 Å². The van der Waals surface area contributed by atoms with E-state index in [9.17, 15) is 0 Å². The zero-order chi connectivity index (χ0) is 15.8. The van der Waals surface area contributed by atoms with Crippen molar-refractivity contribution in [3.8, 4) is 0 Å². The Morgan fingerprint density at radius 3 is 2.08 bits per heavy atom. The van der Waals surface area contributed by atoms with Crippen LogP contribution in [0, 0.1) is 6.92 Å². The quantitative estimate of drug-likeness (QED) is 0.310. The van der Waals surface area contributed by atoms with Gasteiger partial charge in [-0.15, -0.1) is 0 Å². The molecule has 1 nitrogen and oxygen atoms in total. The molecule has 0 unspecified atom stereocenters. The number of fused-ring (bicyclic) bond motifs is 7. The molecule has 0 atom stereocenters. The molecular weight excluding hydrogens is 290 g/mol. The third kappa shape index (κ3) is 1.36. The first-order valence-corrected chi connectivity index (χ1v) is 8.38. The highest BCUT2D eigenvalue weighted by atomic mass is 14.9. The molecule has 0 aliphatic heterocycles. The van der Waals surface area contributed by atoms with E-state index in [0.717, 1.165) is 0 Å². The first-order chi connectivity index (χ1) is 11.8. The summed E-state index contributed by atoms with van der Waals surface area (Å²) in [6.45, 7) is 2.20. The van der Waals surface area contributed by atoms with Crippen molar-refractivity contribution in [2.45, 2.75) is 6.92 Å². The van der Waals surface area contributed by atoms with Crippen LogP contribution in [0.3, 0.4) is 0 Å². The van der Waals surface area contributed by atoms with Crippen LogP contribution in [0.5, 0.6) is 0 Å². The van der Waals surface area contributed by atoms with Crippen molar-refractivity contribution in [3.63, 3.8) is 0 Å². The number of aryl methyl sites for hydroxylation is 1. The molecule has 0 fully saturated rings. The zero-order valence-corrected chi connectivity index (χ0v) is 13.4. The highest BCUT2D eigenvalue weighted by molar-refractivity contribution is 6.24. The molecule has 0 spiro atoms. The SMILES string of the molecule is Cc1cc2c3ccccc3n3c4cc5ccccc5cc4c(c1)c23. The maximum absolute atomic E-state index is 2.45. The second kappa shape index (κ2) is 4.07. The molecule has 0 saturated carbocycles. The molecule has 0 bridgehead atoms. The maximum Gasteiger partial charge on any atom is 0.0620 e. The van der Waals surface area contributed by atoms with Gasteiger partial charge >= 0.3 is 0 Å². The lowest BCUT2D eigenvalue weighted by Gasteiger charge is -2.01. The first-order valence-electron chi connectivity index (χ1n) is 8.38. The maximum atomic E-state index is 2.45. The number of aromatic nitrogens is 1. The van der Waals surface area contributed by atoms with Crippen molar-refractivity contribution in [2.75, 3.05) is 0 Å². The minimum Gasteiger partial charge on any atom is -0.308 e. The summed E-state index contributed by atoms with van der Waals surface area (Å²) in [5, 5.41) is 8.02. The largest absolute Gasteiger partial charge is 0.308 e. The van der Waals surface area contributed by atoms with Crippen molar-refractivity contribution in [1.29, 1.82) is 0 Å². The average molecular weight is 305 g/mol. The van der Waals surface area contributed by atoms with Gasteiger partial charge in [-0.3, -0.25) is 0 Å². The summed E-state index contributed by atoms with van der Waals surface area (Å²) in [5.41, 5.74) is 5.28. The zero-order valence-electron chi connectivity index (χ0n) is 13.4. The average Bonchev–Trinajstić information content (AvgIpc) is 3.10. The Balaban J connectivity index is 2.04. The van der Waals surface area contributed by atoms with Crippen LogP contribution in [-0.2, 0) is 0 Å². The van der Waals surface area contributed by atoms with Gasteiger partial charge in [-0.25, -0.2) is 0 Å². The van der Waals surface area contributed by atoms with E-state index in [-0.39, 0.29) is 0 Å². The van der Waals surface area contributed by atoms with E-state index >= 15 is 0 Å². The predicted octanol–water partition coefficient (Wildman–Crippen LogP) is 6.30. The molecule has 6 rings (SSSR count). The predicted molar refractivity (Wildman–Crippen MR) is 103 cm³/mol. The fourth-order valence-electron chi connectivity index (χ4n) is 4.33. The number of benzene rings is 4. The summed E-state index contributed by atoms with van der Waals surface area (Å²) in [6, 6.07) is 26.7. The van der Waals surface area contributed by atoms with Crippen LogP contribution >= 0.6 is 0 Å². The minimum absolute atomic E-state index is 1.30. The third-order valence-electron chi connectivity index (χ3n) is 5.31. The second-order valence-corrected chi connectivity index (χ2v) is 6.78. The summed E-state index contributed by atoms with van der Waals surface area (Å²) in [4.78, 5) is 0. The molecule has 2 aromatic heterocycles. The molecule has 0 N–H and O–H groups in total. The Labute approximate surface area is 139 Å². The standard InChI is InChI=1S/C23H15N/c1-14-10-19-17-8-4-5-9-21(17)24-22-13-16-7-3-2-6-15(16)12-18(22)20(11-14)23(19)24/h2-13H,1H3. The Morgan fingerprint density at radius 1 is 0.583 bits per heavy atom. The van der Waals surface area contributed by atoms with E-state index in [4.69, 9.17) is 0 Å². The van der Waals surface area contributed by atoms with Gasteiger partial charge in [-0.2, -0.15) is 0 Å². The van der Waals surface area contributed by atoms with E-state index in [1.807, 2.05) is 0 Å². The summed E-state index contributed by atoms with van der Waals surface area (Å²) in [6.07, 6.45) is 0. The van der Waals surface area contributed by atoms with E-state index in [2.05, 4.69) is 84.1 Å². The number of hydrogen-bond acceptors (Lipinski definition) is 0. The van der Waals surface area contributed by atoms with Gasteiger partial charge < -0.3 is 4.40 Å². The summed E-state index contributed by atoms with van der Waals surface area (Å²) in [7, 11) is 0. The third-order valence-corrected chi connectivity index (χ3v) is 5.31. The normalized spacial score (nSPS) is 12.4. The fraction of sp³-hybridized carbons (Fsp3) is 0.0435. The van der Waals surface area contributed by atoms with E-state index in [0.29, 0.717) is 0 Å². The van der Waals surface area contributed by atoms with Crippen molar-refractivity contribution in [3.05, 3.63) is 78.4 Å². The highest BCUT2D eigenvalue weighted by Gasteiger charge is 2.17. The lowest BCUT2D eigenvalue weighted by atomic mass is 10.0. The second-order valence-electron chi connectivity index (χ2n) is 6.78. The van der Waals surface area contributed by atoms with E-state index in [1.165, 1.54) is 54.4 Å². The number of hydrogen-bond donors (Lipinski definition) is 0. The van der Waals surface area contributed by atoms with E-state index in [1.54, 1.807) is 0 Å². The Morgan fingerprint density at radius 2 is 1.25 bits per heavy atom. The molecule has 0 radical (unpaired) electrons.